The standard InChI is InChI=1S/C22H25NO4/c1-26-22(25)18(14-17-10-6-3-7-11-17)23-21(24)15-20-19(27-20)13-12-16-8-4-2-5-9-16/h2-11,18-20H,12-15H2,1H3,(H,23,24)/t18-,19-,20-/m0/s1. The second kappa shape index (κ2) is 9.33. The predicted octanol–water partition coefficient (Wildman–Crippen LogP) is 2.68. The summed E-state index contributed by atoms with van der Waals surface area (Å²) in [6.45, 7) is 0. The molecule has 27 heavy (non-hydrogen) atoms. The number of benzene rings is 2. The molecule has 0 bridgehead atoms. The van der Waals surface area contributed by atoms with Gasteiger partial charge in [-0.15, -0.1) is 0 Å². The van der Waals surface area contributed by atoms with Crippen LogP contribution in [-0.2, 0) is 31.9 Å². The van der Waals surface area contributed by atoms with Gasteiger partial charge in [0.05, 0.1) is 25.7 Å². The molecule has 3 atom stereocenters. The summed E-state index contributed by atoms with van der Waals surface area (Å²) in [6, 6.07) is 19.1. The van der Waals surface area contributed by atoms with Crippen LogP contribution in [0.25, 0.3) is 0 Å². The molecule has 1 aliphatic rings. The predicted molar refractivity (Wildman–Crippen MR) is 102 cm³/mol. The van der Waals surface area contributed by atoms with Crippen LogP contribution in [0, 0.1) is 0 Å². The number of esters is 1. The van der Waals surface area contributed by atoms with Crippen molar-refractivity contribution in [3.05, 3.63) is 71.8 Å². The van der Waals surface area contributed by atoms with Crippen LogP contribution >= 0.6 is 0 Å². The van der Waals surface area contributed by atoms with E-state index in [4.69, 9.17) is 9.47 Å². The average molecular weight is 367 g/mol. The van der Waals surface area contributed by atoms with Crippen LogP contribution in [0.1, 0.15) is 24.0 Å². The van der Waals surface area contributed by atoms with E-state index in [1.807, 2.05) is 48.5 Å². The number of aryl methyl sites for hydroxylation is 1. The van der Waals surface area contributed by atoms with Crippen molar-refractivity contribution < 1.29 is 19.1 Å². The van der Waals surface area contributed by atoms with E-state index in [1.54, 1.807) is 0 Å². The summed E-state index contributed by atoms with van der Waals surface area (Å²) in [6.07, 6.45) is 2.55. The number of amides is 1. The fourth-order valence-corrected chi connectivity index (χ4v) is 3.19. The third-order valence-corrected chi connectivity index (χ3v) is 4.74. The van der Waals surface area contributed by atoms with Crippen LogP contribution in [-0.4, -0.2) is 37.2 Å². The molecule has 0 unspecified atom stereocenters. The molecule has 1 heterocycles. The molecule has 1 fully saturated rings. The minimum Gasteiger partial charge on any atom is -0.467 e. The Labute approximate surface area is 159 Å². The highest BCUT2D eigenvalue weighted by atomic mass is 16.6. The monoisotopic (exact) mass is 367 g/mol. The number of carbonyl (C=O) groups is 2. The van der Waals surface area contributed by atoms with Crippen LogP contribution in [0.4, 0.5) is 0 Å². The van der Waals surface area contributed by atoms with Crippen molar-refractivity contribution in [1.82, 2.24) is 5.32 Å². The van der Waals surface area contributed by atoms with Crippen molar-refractivity contribution in [3.63, 3.8) is 0 Å². The highest BCUT2D eigenvalue weighted by Crippen LogP contribution is 2.29. The molecule has 0 spiro atoms. The van der Waals surface area contributed by atoms with Gasteiger partial charge in [-0.3, -0.25) is 4.79 Å². The molecule has 5 heteroatoms. The van der Waals surface area contributed by atoms with Gasteiger partial charge in [0.25, 0.3) is 0 Å². The molecule has 142 valence electrons. The Morgan fingerprint density at radius 2 is 1.63 bits per heavy atom. The summed E-state index contributed by atoms with van der Waals surface area (Å²) in [4.78, 5) is 24.3. The first-order chi connectivity index (χ1) is 13.2. The molecule has 0 aliphatic carbocycles. The first kappa shape index (κ1) is 19.1. The van der Waals surface area contributed by atoms with Gasteiger partial charge >= 0.3 is 5.97 Å². The van der Waals surface area contributed by atoms with E-state index in [0.717, 1.165) is 18.4 Å². The second-order valence-electron chi connectivity index (χ2n) is 6.77. The van der Waals surface area contributed by atoms with E-state index < -0.39 is 12.0 Å². The lowest BCUT2D eigenvalue weighted by Crippen LogP contribution is -2.43. The van der Waals surface area contributed by atoms with Gasteiger partial charge in [0.1, 0.15) is 6.04 Å². The van der Waals surface area contributed by atoms with Crippen LogP contribution in [0.15, 0.2) is 60.7 Å². The lowest BCUT2D eigenvalue weighted by Gasteiger charge is -2.16. The Kier molecular flexibility index (Phi) is 6.60. The van der Waals surface area contributed by atoms with Crippen LogP contribution < -0.4 is 5.32 Å². The first-order valence-corrected chi connectivity index (χ1v) is 9.26. The quantitative estimate of drug-likeness (QED) is 0.547. The van der Waals surface area contributed by atoms with Crippen molar-refractivity contribution in [2.24, 2.45) is 0 Å². The Morgan fingerprint density at radius 1 is 1.00 bits per heavy atom. The van der Waals surface area contributed by atoms with Gasteiger partial charge in [0.15, 0.2) is 0 Å². The van der Waals surface area contributed by atoms with Gasteiger partial charge in [0.2, 0.25) is 5.91 Å². The van der Waals surface area contributed by atoms with Gasteiger partial charge in [-0.2, -0.15) is 0 Å². The SMILES string of the molecule is COC(=O)[C@H](Cc1ccccc1)NC(=O)C[C@@H]1O[C@H]1CCc1ccccc1. The maximum absolute atomic E-state index is 12.3. The molecule has 1 aliphatic heterocycles. The second-order valence-corrected chi connectivity index (χ2v) is 6.77. The minimum atomic E-state index is -0.689. The maximum Gasteiger partial charge on any atom is 0.328 e. The van der Waals surface area contributed by atoms with Crippen molar-refractivity contribution >= 4 is 11.9 Å². The summed E-state index contributed by atoms with van der Waals surface area (Å²) in [5, 5.41) is 2.79. The van der Waals surface area contributed by atoms with Crippen LogP contribution in [0.5, 0.6) is 0 Å². The molecule has 1 amide bonds. The Balaban J connectivity index is 1.45. The van der Waals surface area contributed by atoms with E-state index in [1.165, 1.54) is 12.7 Å². The molecule has 0 radical (unpaired) electrons. The van der Waals surface area contributed by atoms with Gasteiger partial charge in [0, 0.05) is 6.42 Å². The molecule has 0 saturated carbocycles. The zero-order chi connectivity index (χ0) is 19.1. The summed E-state index contributed by atoms with van der Waals surface area (Å²) in [5.41, 5.74) is 2.24. The minimum absolute atomic E-state index is 0.0660. The van der Waals surface area contributed by atoms with E-state index in [2.05, 4.69) is 17.4 Å². The number of carbonyl (C=O) groups excluding carboxylic acids is 2. The molecular weight excluding hydrogens is 342 g/mol. The lowest BCUT2D eigenvalue weighted by atomic mass is 10.0. The molecule has 0 aromatic heterocycles. The fourth-order valence-electron chi connectivity index (χ4n) is 3.19. The highest BCUT2D eigenvalue weighted by Gasteiger charge is 2.40. The third-order valence-electron chi connectivity index (χ3n) is 4.74. The average Bonchev–Trinajstić information content (AvgIpc) is 3.44. The van der Waals surface area contributed by atoms with Crippen LogP contribution in [0.2, 0.25) is 0 Å². The Hall–Kier alpha value is -2.66. The summed E-state index contributed by atoms with van der Waals surface area (Å²) >= 11 is 0. The number of nitrogens with one attached hydrogen (secondary N) is 1. The maximum atomic E-state index is 12.3. The van der Waals surface area contributed by atoms with E-state index in [-0.39, 0.29) is 24.5 Å². The summed E-state index contributed by atoms with van der Waals surface area (Å²) < 4.78 is 10.4. The normalized spacial score (nSPS) is 19.1. The number of hydrogen-bond acceptors (Lipinski definition) is 4. The van der Waals surface area contributed by atoms with Gasteiger partial charge in [-0.1, -0.05) is 60.7 Å². The van der Waals surface area contributed by atoms with Crippen molar-refractivity contribution in [2.45, 2.75) is 43.9 Å². The molecule has 2 aromatic rings. The summed E-state index contributed by atoms with van der Waals surface area (Å²) in [5.74, 6) is -0.627. The molecule has 3 rings (SSSR count). The largest absolute Gasteiger partial charge is 0.467 e. The van der Waals surface area contributed by atoms with E-state index >= 15 is 0 Å². The third kappa shape index (κ3) is 5.93. The number of hydrogen-bond donors (Lipinski definition) is 1. The number of ether oxygens (including phenoxy) is 2. The molecular formula is C22H25NO4. The number of epoxide rings is 1. The van der Waals surface area contributed by atoms with Crippen LogP contribution in [0.3, 0.4) is 0 Å². The lowest BCUT2D eigenvalue weighted by molar-refractivity contribution is -0.145. The molecule has 5 nitrogen and oxygen atoms in total. The van der Waals surface area contributed by atoms with E-state index in [0.29, 0.717) is 6.42 Å². The first-order valence-electron chi connectivity index (χ1n) is 9.26. The molecule has 2 aromatic carbocycles. The van der Waals surface area contributed by atoms with E-state index in [9.17, 15) is 9.59 Å². The fraction of sp³-hybridized carbons (Fsp3) is 0.364. The molecule has 1 N–H and O–H groups in total. The highest BCUT2D eigenvalue weighted by molar-refractivity contribution is 5.85. The molecule has 1 saturated heterocycles. The smallest absolute Gasteiger partial charge is 0.328 e. The Bertz CT molecular complexity index is 747. The van der Waals surface area contributed by atoms with Crippen molar-refractivity contribution in [2.75, 3.05) is 7.11 Å². The zero-order valence-corrected chi connectivity index (χ0v) is 15.5. The summed E-state index contributed by atoms with van der Waals surface area (Å²) in [7, 11) is 1.33. The van der Waals surface area contributed by atoms with Gasteiger partial charge < -0.3 is 14.8 Å². The number of methoxy groups -OCH3 is 1. The van der Waals surface area contributed by atoms with Gasteiger partial charge in [-0.05, 0) is 24.0 Å². The van der Waals surface area contributed by atoms with Gasteiger partial charge in [-0.25, -0.2) is 4.79 Å². The van der Waals surface area contributed by atoms with Crippen molar-refractivity contribution in [1.29, 1.82) is 0 Å². The number of rotatable bonds is 9. The zero-order valence-electron chi connectivity index (χ0n) is 15.5. The topological polar surface area (TPSA) is 67.9 Å². The van der Waals surface area contributed by atoms with Crippen molar-refractivity contribution in [3.8, 4) is 0 Å². The Morgan fingerprint density at radius 3 is 2.26 bits per heavy atom.